The molecule has 0 aromatic heterocycles. The molecule has 2 aliphatic rings. The van der Waals surface area contributed by atoms with Crippen molar-refractivity contribution in [3.05, 3.63) is 59.7 Å². The minimum atomic E-state index is -0.970. The van der Waals surface area contributed by atoms with Crippen LogP contribution in [0.15, 0.2) is 48.5 Å². The Bertz CT molecular complexity index is 1020. The number of nitrogens with zero attached hydrogens (tertiary/aromatic N) is 2. The second-order valence-corrected chi connectivity index (χ2v) is 8.31. The molecule has 0 spiro atoms. The standard InChI is InChI=1S/C25H26N2O6/c28-22-13-14-23(29)27(22)33-24(30)12-2-1-7-15-26(25(31)32)16-21-19-10-5-3-8-17(19)18-9-4-6-11-20(18)21/h3-6,8-11,21H,1-2,7,12-16H2,(H,31,32). The predicted octanol–water partition coefficient (Wildman–Crippen LogP) is 3.95. The Morgan fingerprint density at radius 1 is 0.909 bits per heavy atom. The van der Waals surface area contributed by atoms with Crippen LogP contribution in [0, 0.1) is 0 Å². The van der Waals surface area contributed by atoms with Crippen LogP contribution in [0.1, 0.15) is 55.6 Å². The molecular weight excluding hydrogens is 424 g/mol. The zero-order valence-electron chi connectivity index (χ0n) is 18.2. The Balaban J connectivity index is 1.28. The Morgan fingerprint density at radius 2 is 1.48 bits per heavy atom. The average Bonchev–Trinajstić information content (AvgIpc) is 3.30. The summed E-state index contributed by atoms with van der Waals surface area (Å²) >= 11 is 0. The Labute approximate surface area is 191 Å². The fourth-order valence-corrected chi connectivity index (χ4v) is 4.50. The first-order valence-corrected chi connectivity index (χ1v) is 11.2. The molecule has 1 saturated heterocycles. The molecule has 1 aliphatic carbocycles. The lowest BCUT2D eigenvalue weighted by atomic mass is 9.96. The van der Waals surface area contributed by atoms with Crippen molar-refractivity contribution >= 4 is 23.9 Å². The molecule has 0 atom stereocenters. The van der Waals surface area contributed by atoms with Crippen molar-refractivity contribution in [1.29, 1.82) is 0 Å². The molecule has 2 aromatic carbocycles. The van der Waals surface area contributed by atoms with E-state index >= 15 is 0 Å². The summed E-state index contributed by atoms with van der Waals surface area (Å²) in [5, 5.41) is 10.3. The first-order chi connectivity index (χ1) is 16.0. The molecule has 1 aliphatic heterocycles. The van der Waals surface area contributed by atoms with Crippen LogP contribution in [-0.4, -0.2) is 52.0 Å². The molecule has 8 heteroatoms. The van der Waals surface area contributed by atoms with E-state index < -0.39 is 23.9 Å². The summed E-state index contributed by atoms with van der Waals surface area (Å²) < 4.78 is 0. The third-order valence-electron chi connectivity index (χ3n) is 6.14. The predicted molar refractivity (Wildman–Crippen MR) is 119 cm³/mol. The van der Waals surface area contributed by atoms with Crippen molar-refractivity contribution in [3.8, 4) is 11.1 Å². The van der Waals surface area contributed by atoms with Gasteiger partial charge >= 0.3 is 12.1 Å². The van der Waals surface area contributed by atoms with Crippen molar-refractivity contribution in [3.63, 3.8) is 0 Å². The van der Waals surface area contributed by atoms with E-state index in [1.807, 2.05) is 24.3 Å². The van der Waals surface area contributed by atoms with Gasteiger partial charge in [0.15, 0.2) is 0 Å². The number of amides is 3. The number of hydroxylamine groups is 2. The van der Waals surface area contributed by atoms with Crippen molar-refractivity contribution in [2.75, 3.05) is 13.1 Å². The van der Waals surface area contributed by atoms with Gasteiger partial charge in [-0.05, 0) is 35.1 Å². The Kier molecular flexibility index (Phi) is 6.72. The number of fused-ring (bicyclic) bond motifs is 3. The van der Waals surface area contributed by atoms with E-state index in [9.17, 15) is 24.3 Å². The van der Waals surface area contributed by atoms with Gasteiger partial charge in [-0.1, -0.05) is 55.0 Å². The van der Waals surface area contributed by atoms with Crippen molar-refractivity contribution < 1.29 is 29.1 Å². The molecule has 3 amide bonds. The van der Waals surface area contributed by atoms with Gasteiger partial charge in [-0.15, -0.1) is 5.06 Å². The summed E-state index contributed by atoms with van der Waals surface area (Å²) in [7, 11) is 0. The summed E-state index contributed by atoms with van der Waals surface area (Å²) in [5.41, 5.74) is 4.58. The quantitative estimate of drug-likeness (QED) is 0.458. The number of carbonyl (C=O) groups is 4. The van der Waals surface area contributed by atoms with Gasteiger partial charge in [-0.25, -0.2) is 9.59 Å². The number of imide groups is 1. The molecule has 172 valence electrons. The lowest BCUT2D eigenvalue weighted by Crippen LogP contribution is -2.34. The minimum Gasteiger partial charge on any atom is -0.465 e. The number of hydrogen-bond acceptors (Lipinski definition) is 5. The topological polar surface area (TPSA) is 104 Å². The first-order valence-electron chi connectivity index (χ1n) is 11.2. The fraction of sp³-hybridized carbons (Fsp3) is 0.360. The summed E-state index contributed by atoms with van der Waals surface area (Å²) in [5.74, 6) is -1.65. The SMILES string of the molecule is O=C(CCCCCN(CC1c2ccccc2-c2ccccc21)C(=O)O)ON1C(=O)CCC1=O. The van der Waals surface area contributed by atoms with E-state index in [0.717, 1.165) is 22.3 Å². The fourth-order valence-electron chi connectivity index (χ4n) is 4.50. The highest BCUT2D eigenvalue weighted by Gasteiger charge is 2.33. The first kappa shape index (κ1) is 22.5. The van der Waals surface area contributed by atoms with Crippen molar-refractivity contribution in [1.82, 2.24) is 9.96 Å². The maximum Gasteiger partial charge on any atom is 0.407 e. The maximum absolute atomic E-state index is 11.9. The van der Waals surface area contributed by atoms with E-state index in [2.05, 4.69) is 24.3 Å². The summed E-state index contributed by atoms with van der Waals surface area (Å²) in [6.45, 7) is 0.721. The van der Waals surface area contributed by atoms with Crippen LogP contribution in [0.4, 0.5) is 4.79 Å². The van der Waals surface area contributed by atoms with E-state index in [1.54, 1.807) is 0 Å². The zero-order chi connectivity index (χ0) is 23.4. The summed E-state index contributed by atoms with van der Waals surface area (Å²) in [6.07, 6.45) is 0.920. The number of unbranched alkanes of at least 4 members (excludes halogenated alkanes) is 2. The van der Waals surface area contributed by atoms with Crippen LogP contribution in [0.25, 0.3) is 11.1 Å². The molecule has 1 N–H and O–H groups in total. The summed E-state index contributed by atoms with van der Waals surface area (Å²) in [6, 6.07) is 16.2. The molecule has 0 radical (unpaired) electrons. The Morgan fingerprint density at radius 3 is 2.06 bits per heavy atom. The largest absolute Gasteiger partial charge is 0.465 e. The van der Waals surface area contributed by atoms with E-state index in [-0.39, 0.29) is 25.2 Å². The highest BCUT2D eigenvalue weighted by molar-refractivity contribution is 6.01. The zero-order valence-corrected chi connectivity index (χ0v) is 18.2. The van der Waals surface area contributed by atoms with Crippen LogP contribution in [0.2, 0.25) is 0 Å². The van der Waals surface area contributed by atoms with Gasteiger partial charge in [0.25, 0.3) is 11.8 Å². The number of benzene rings is 2. The van der Waals surface area contributed by atoms with Crippen molar-refractivity contribution in [2.24, 2.45) is 0 Å². The molecule has 8 nitrogen and oxygen atoms in total. The maximum atomic E-state index is 11.9. The molecule has 1 heterocycles. The van der Waals surface area contributed by atoms with Gasteiger partial charge in [0.2, 0.25) is 0 Å². The van der Waals surface area contributed by atoms with Gasteiger partial charge in [-0.3, -0.25) is 9.59 Å². The molecule has 0 unspecified atom stereocenters. The van der Waals surface area contributed by atoms with Gasteiger partial charge in [0.1, 0.15) is 0 Å². The monoisotopic (exact) mass is 450 g/mol. The molecule has 2 aromatic rings. The van der Waals surface area contributed by atoms with Crippen LogP contribution in [0.3, 0.4) is 0 Å². The number of rotatable bonds is 9. The van der Waals surface area contributed by atoms with Gasteiger partial charge < -0.3 is 14.8 Å². The van der Waals surface area contributed by atoms with Crippen molar-refractivity contribution in [2.45, 2.75) is 44.4 Å². The highest BCUT2D eigenvalue weighted by atomic mass is 16.7. The molecule has 0 saturated carbocycles. The Hall–Kier alpha value is -3.68. The van der Waals surface area contributed by atoms with Crippen LogP contribution < -0.4 is 0 Å². The van der Waals surface area contributed by atoms with Gasteiger partial charge in [0.05, 0.1) is 0 Å². The molecular formula is C25H26N2O6. The van der Waals surface area contributed by atoms with Gasteiger partial charge in [0, 0.05) is 38.3 Å². The molecule has 0 bridgehead atoms. The van der Waals surface area contributed by atoms with E-state index in [1.165, 1.54) is 4.90 Å². The molecule has 4 rings (SSSR count). The third-order valence-corrected chi connectivity index (χ3v) is 6.14. The third kappa shape index (κ3) is 4.89. The second kappa shape index (κ2) is 9.85. The average molecular weight is 450 g/mol. The lowest BCUT2D eigenvalue weighted by Gasteiger charge is -2.24. The highest BCUT2D eigenvalue weighted by Crippen LogP contribution is 2.44. The number of carboxylic acid groups (broad SMARTS) is 1. The van der Waals surface area contributed by atoms with E-state index in [0.29, 0.717) is 37.4 Å². The van der Waals surface area contributed by atoms with Crippen LogP contribution in [-0.2, 0) is 19.2 Å². The number of hydrogen-bond donors (Lipinski definition) is 1. The normalized spacial score (nSPS) is 14.8. The lowest BCUT2D eigenvalue weighted by molar-refractivity contribution is -0.197. The summed E-state index contributed by atoms with van der Waals surface area (Å²) in [4.78, 5) is 53.1. The number of carbonyl (C=O) groups excluding carboxylic acids is 3. The second-order valence-electron chi connectivity index (χ2n) is 8.31. The smallest absolute Gasteiger partial charge is 0.407 e. The van der Waals surface area contributed by atoms with Crippen LogP contribution in [0.5, 0.6) is 0 Å². The molecule has 1 fully saturated rings. The molecule has 33 heavy (non-hydrogen) atoms. The van der Waals surface area contributed by atoms with Crippen LogP contribution >= 0.6 is 0 Å². The van der Waals surface area contributed by atoms with E-state index in [4.69, 9.17) is 4.84 Å². The van der Waals surface area contributed by atoms with Gasteiger partial charge in [-0.2, -0.15) is 0 Å². The minimum absolute atomic E-state index is 0.0148.